The lowest BCUT2D eigenvalue weighted by molar-refractivity contribution is -0.143. The zero-order chi connectivity index (χ0) is 12.8. The van der Waals surface area contributed by atoms with Gasteiger partial charge in [-0.1, -0.05) is 30.3 Å². The maximum Gasteiger partial charge on any atom is 0.307 e. The van der Waals surface area contributed by atoms with Crippen LogP contribution in [0.3, 0.4) is 0 Å². The van der Waals surface area contributed by atoms with Gasteiger partial charge in [-0.05, 0) is 31.7 Å². The van der Waals surface area contributed by atoms with Crippen molar-refractivity contribution in [3.63, 3.8) is 0 Å². The molecule has 0 aromatic heterocycles. The molecule has 2 atom stereocenters. The first-order valence-electron chi connectivity index (χ1n) is 6.76. The van der Waals surface area contributed by atoms with Crippen molar-refractivity contribution in [2.24, 2.45) is 0 Å². The van der Waals surface area contributed by atoms with E-state index >= 15 is 0 Å². The van der Waals surface area contributed by atoms with E-state index in [0.717, 1.165) is 19.3 Å². The largest absolute Gasteiger partial charge is 0.466 e. The van der Waals surface area contributed by atoms with Gasteiger partial charge in [0.15, 0.2) is 0 Å². The molecular weight excluding hydrogens is 226 g/mol. The molecule has 0 spiro atoms. The average Bonchev–Trinajstić information content (AvgIpc) is 2.40. The fourth-order valence-corrected chi connectivity index (χ4v) is 2.55. The molecule has 3 nitrogen and oxygen atoms in total. The number of rotatable bonds is 4. The number of hydrogen-bond donors (Lipinski definition) is 1. The van der Waals surface area contributed by atoms with Crippen molar-refractivity contribution in [3.05, 3.63) is 35.9 Å². The Hall–Kier alpha value is -1.35. The highest BCUT2D eigenvalue weighted by Crippen LogP contribution is 2.26. The topological polar surface area (TPSA) is 38.3 Å². The van der Waals surface area contributed by atoms with Gasteiger partial charge in [0.25, 0.3) is 0 Å². The lowest BCUT2D eigenvalue weighted by atomic mass is 9.92. The smallest absolute Gasteiger partial charge is 0.307 e. The number of carbonyl (C=O) groups excluding carboxylic acids is 1. The molecule has 1 aromatic carbocycles. The average molecular weight is 247 g/mol. The molecular formula is C15H21NO2. The molecule has 1 heterocycles. The Morgan fingerprint density at radius 2 is 2.11 bits per heavy atom. The second-order valence-corrected chi connectivity index (χ2v) is 4.77. The second-order valence-electron chi connectivity index (χ2n) is 4.77. The van der Waals surface area contributed by atoms with E-state index in [0.29, 0.717) is 19.1 Å². The van der Waals surface area contributed by atoms with Crippen molar-refractivity contribution in [2.75, 3.05) is 6.61 Å². The van der Waals surface area contributed by atoms with E-state index in [1.54, 1.807) is 0 Å². The van der Waals surface area contributed by atoms with Crippen LogP contribution in [0.25, 0.3) is 0 Å². The fraction of sp³-hybridized carbons (Fsp3) is 0.533. The standard InChI is InChI=1S/C15H21NO2/c1-2-18-15(17)11-13-9-6-10-14(16-13)12-7-4-3-5-8-12/h3-5,7-8,13-14,16H,2,6,9-11H2,1H3/t13-,14+/m0/s1. The fourth-order valence-electron chi connectivity index (χ4n) is 2.55. The SMILES string of the molecule is CCOC(=O)C[C@@H]1CCC[C@H](c2ccccc2)N1. The number of hydrogen-bond acceptors (Lipinski definition) is 3. The Kier molecular flexibility index (Phi) is 4.76. The summed E-state index contributed by atoms with van der Waals surface area (Å²) in [4.78, 5) is 11.5. The van der Waals surface area contributed by atoms with Crippen molar-refractivity contribution >= 4 is 5.97 Å². The van der Waals surface area contributed by atoms with Gasteiger partial charge in [0.2, 0.25) is 0 Å². The summed E-state index contributed by atoms with van der Waals surface area (Å²) in [6.07, 6.45) is 3.85. The molecule has 1 saturated heterocycles. The summed E-state index contributed by atoms with van der Waals surface area (Å²) < 4.78 is 5.01. The Balaban J connectivity index is 1.91. The molecule has 1 fully saturated rings. The highest BCUT2D eigenvalue weighted by Gasteiger charge is 2.24. The Bertz CT molecular complexity index is 377. The summed E-state index contributed by atoms with van der Waals surface area (Å²) in [6.45, 7) is 2.31. The van der Waals surface area contributed by atoms with E-state index in [2.05, 4.69) is 29.6 Å². The van der Waals surface area contributed by atoms with Gasteiger partial charge in [-0.2, -0.15) is 0 Å². The van der Waals surface area contributed by atoms with Gasteiger partial charge in [-0.3, -0.25) is 4.79 Å². The molecule has 1 N–H and O–H groups in total. The van der Waals surface area contributed by atoms with Gasteiger partial charge < -0.3 is 10.1 Å². The third kappa shape index (κ3) is 3.57. The van der Waals surface area contributed by atoms with E-state index < -0.39 is 0 Å². The predicted octanol–water partition coefficient (Wildman–Crippen LogP) is 2.82. The van der Waals surface area contributed by atoms with E-state index in [-0.39, 0.29) is 12.0 Å². The maximum atomic E-state index is 11.5. The molecule has 1 aromatic rings. The Labute approximate surface area is 109 Å². The number of ether oxygens (including phenoxy) is 1. The third-order valence-corrected chi connectivity index (χ3v) is 3.40. The van der Waals surface area contributed by atoms with Crippen molar-refractivity contribution in [2.45, 2.75) is 44.7 Å². The van der Waals surface area contributed by atoms with Gasteiger partial charge in [0.1, 0.15) is 0 Å². The molecule has 98 valence electrons. The predicted molar refractivity (Wildman–Crippen MR) is 71.2 cm³/mol. The summed E-state index contributed by atoms with van der Waals surface area (Å²) in [6, 6.07) is 11.1. The van der Waals surface area contributed by atoms with Crippen molar-refractivity contribution < 1.29 is 9.53 Å². The summed E-state index contributed by atoms with van der Waals surface area (Å²) >= 11 is 0. The Morgan fingerprint density at radius 3 is 2.83 bits per heavy atom. The molecule has 18 heavy (non-hydrogen) atoms. The molecule has 3 heteroatoms. The van der Waals surface area contributed by atoms with Gasteiger partial charge in [-0.25, -0.2) is 0 Å². The van der Waals surface area contributed by atoms with Crippen LogP contribution in [0.4, 0.5) is 0 Å². The first kappa shape index (κ1) is 13.1. The monoisotopic (exact) mass is 247 g/mol. The number of benzene rings is 1. The van der Waals surface area contributed by atoms with Crippen molar-refractivity contribution in [1.29, 1.82) is 0 Å². The highest BCUT2D eigenvalue weighted by molar-refractivity contribution is 5.70. The number of piperidine rings is 1. The quantitative estimate of drug-likeness (QED) is 0.831. The molecule has 1 aliphatic heterocycles. The first-order valence-corrected chi connectivity index (χ1v) is 6.76. The summed E-state index contributed by atoms with van der Waals surface area (Å²) in [5, 5.41) is 3.56. The Morgan fingerprint density at radius 1 is 1.33 bits per heavy atom. The van der Waals surface area contributed by atoms with Crippen LogP contribution in [-0.2, 0) is 9.53 Å². The van der Waals surface area contributed by atoms with Crippen LogP contribution in [0.1, 0.15) is 44.2 Å². The zero-order valence-electron chi connectivity index (χ0n) is 10.9. The molecule has 0 radical (unpaired) electrons. The van der Waals surface area contributed by atoms with E-state index in [1.807, 2.05) is 13.0 Å². The summed E-state index contributed by atoms with van der Waals surface area (Å²) in [5.41, 5.74) is 1.31. The molecule has 1 aliphatic rings. The van der Waals surface area contributed by atoms with Gasteiger partial charge in [-0.15, -0.1) is 0 Å². The minimum absolute atomic E-state index is 0.0938. The molecule has 2 rings (SSSR count). The van der Waals surface area contributed by atoms with Crippen LogP contribution in [-0.4, -0.2) is 18.6 Å². The number of esters is 1. The molecule has 0 unspecified atom stereocenters. The van der Waals surface area contributed by atoms with Crippen LogP contribution >= 0.6 is 0 Å². The summed E-state index contributed by atoms with van der Waals surface area (Å²) in [7, 11) is 0. The second kappa shape index (κ2) is 6.55. The third-order valence-electron chi connectivity index (χ3n) is 3.40. The lowest BCUT2D eigenvalue weighted by Gasteiger charge is -2.30. The van der Waals surface area contributed by atoms with Crippen LogP contribution in [0, 0.1) is 0 Å². The number of carbonyl (C=O) groups is 1. The van der Waals surface area contributed by atoms with E-state index in [9.17, 15) is 4.79 Å². The summed E-state index contributed by atoms with van der Waals surface area (Å²) in [5.74, 6) is -0.0938. The molecule has 0 saturated carbocycles. The molecule has 0 bridgehead atoms. The van der Waals surface area contributed by atoms with Crippen LogP contribution in [0.15, 0.2) is 30.3 Å². The normalized spacial score (nSPS) is 23.6. The van der Waals surface area contributed by atoms with E-state index in [1.165, 1.54) is 5.56 Å². The molecule has 0 amide bonds. The maximum absolute atomic E-state index is 11.5. The first-order chi connectivity index (χ1) is 8.79. The van der Waals surface area contributed by atoms with Gasteiger partial charge in [0.05, 0.1) is 13.0 Å². The van der Waals surface area contributed by atoms with E-state index in [4.69, 9.17) is 4.74 Å². The minimum Gasteiger partial charge on any atom is -0.466 e. The van der Waals surface area contributed by atoms with Crippen molar-refractivity contribution in [3.8, 4) is 0 Å². The van der Waals surface area contributed by atoms with Crippen LogP contribution in [0.2, 0.25) is 0 Å². The lowest BCUT2D eigenvalue weighted by Crippen LogP contribution is -2.38. The zero-order valence-corrected chi connectivity index (χ0v) is 10.9. The number of nitrogens with one attached hydrogen (secondary N) is 1. The van der Waals surface area contributed by atoms with Crippen LogP contribution in [0.5, 0.6) is 0 Å². The highest BCUT2D eigenvalue weighted by atomic mass is 16.5. The van der Waals surface area contributed by atoms with Crippen LogP contribution < -0.4 is 5.32 Å². The molecule has 0 aliphatic carbocycles. The van der Waals surface area contributed by atoms with Crippen molar-refractivity contribution in [1.82, 2.24) is 5.32 Å². The van der Waals surface area contributed by atoms with Gasteiger partial charge in [0, 0.05) is 12.1 Å². The minimum atomic E-state index is -0.0938. The van der Waals surface area contributed by atoms with Gasteiger partial charge >= 0.3 is 5.97 Å².